The highest BCUT2D eigenvalue weighted by molar-refractivity contribution is 6.04. The van der Waals surface area contributed by atoms with Crippen molar-refractivity contribution in [2.75, 3.05) is 11.9 Å². The lowest BCUT2D eigenvalue weighted by molar-refractivity contribution is 0.102. The molecule has 5 heteroatoms. The number of benzene rings is 1. The fourth-order valence-electron chi connectivity index (χ4n) is 1.77. The summed E-state index contributed by atoms with van der Waals surface area (Å²) >= 11 is 0. The van der Waals surface area contributed by atoms with E-state index in [0.717, 1.165) is 5.56 Å². The van der Waals surface area contributed by atoms with Gasteiger partial charge in [-0.1, -0.05) is 17.9 Å². The minimum Gasteiger partial charge on any atom is -0.384 e. The predicted molar refractivity (Wildman–Crippen MR) is 80.2 cm³/mol. The molecule has 0 saturated carbocycles. The van der Waals surface area contributed by atoms with Crippen molar-refractivity contribution in [1.82, 2.24) is 4.98 Å². The Labute approximate surface area is 121 Å². The number of aryl methyl sites for hydroxylation is 1. The number of amides is 1. The molecule has 5 nitrogen and oxygen atoms in total. The molecule has 0 aliphatic carbocycles. The normalized spacial score (nSPS) is 9.62. The maximum atomic E-state index is 12.0. The number of nitrogens with one attached hydrogen (secondary N) is 2. The van der Waals surface area contributed by atoms with Gasteiger partial charge in [-0.3, -0.25) is 9.59 Å². The highest BCUT2D eigenvalue weighted by Gasteiger charge is 2.10. The summed E-state index contributed by atoms with van der Waals surface area (Å²) in [6, 6.07) is 8.28. The molecule has 2 aromatic rings. The van der Waals surface area contributed by atoms with E-state index in [1.54, 1.807) is 18.2 Å². The van der Waals surface area contributed by atoms with Gasteiger partial charge < -0.3 is 15.4 Å². The van der Waals surface area contributed by atoms with Crippen LogP contribution < -0.4 is 10.9 Å². The Bertz CT molecular complexity index is 782. The summed E-state index contributed by atoms with van der Waals surface area (Å²) in [6.07, 6.45) is 1.47. The van der Waals surface area contributed by atoms with Crippen molar-refractivity contribution in [3.8, 4) is 11.8 Å². The van der Waals surface area contributed by atoms with E-state index in [-0.39, 0.29) is 12.2 Å². The molecule has 1 aromatic carbocycles. The van der Waals surface area contributed by atoms with E-state index in [1.165, 1.54) is 12.3 Å². The SMILES string of the molecule is Cc1ccc(NC(=O)c2ccc[nH]c2=O)cc1C#CCO. The number of aromatic amines is 1. The van der Waals surface area contributed by atoms with Gasteiger partial charge in [-0.15, -0.1) is 0 Å². The summed E-state index contributed by atoms with van der Waals surface area (Å²) < 4.78 is 0. The molecule has 0 spiro atoms. The topological polar surface area (TPSA) is 82.2 Å². The van der Waals surface area contributed by atoms with Gasteiger partial charge in [0.2, 0.25) is 0 Å². The Morgan fingerprint density at radius 3 is 2.90 bits per heavy atom. The number of anilines is 1. The molecule has 2 rings (SSSR count). The van der Waals surface area contributed by atoms with E-state index in [4.69, 9.17) is 5.11 Å². The van der Waals surface area contributed by atoms with E-state index < -0.39 is 11.5 Å². The zero-order chi connectivity index (χ0) is 15.2. The van der Waals surface area contributed by atoms with E-state index >= 15 is 0 Å². The highest BCUT2D eigenvalue weighted by Crippen LogP contribution is 2.15. The number of rotatable bonds is 2. The van der Waals surface area contributed by atoms with Gasteiger partial charge in [-0.25, -0.2) is 0 Å². The zero-order valence-corrected chi connectivity index (χ0v) is 11.4. The molecule has 3 N–H and O–H groups in total. The quantitative estimate of drug-likeness (QED) is 0.726. The lowest BCUT2D eigenvalue weighted by Gasteiger charge is -2.06. The number of pyridine rings is 1. The summed E-state index contributed by atoms with van der Waals surface area (Å²) in [4.78, 5) is 26.0. The molecule has 0 saturated heterocycles. The summed E-state index contributed by atoms with van der Waals surface area (Å²) in [7, 11) is 0. The third-order valence-corrected chi connectivity index (χ3v) is 2.86. The monoisotopic (exact) mass is 282 g/mol. The number of carbonyl (C=O) groups excluding carboxylic acids is 1. The number of hydrogen-bond donors (Lipinski definition) is 3. The van der Waals surface area contributed by atoms with Crippen LogP contribution in [0.1, 0.15) is 21.5 Å². The number of aliphatic hydroxyl groups is 1. The van der Waals surface area contributed by atoms with Crippen molar-refractivity contribution in [1.29, 1.82) is 0 Å². The van der Waals surface area contributed by atoms with Crippen LogP contribution in [-0.2, 0) is 0 Å². The van der Waals surface area contributed by atoms with Crippen molar-refractivity contribution in [3.05, 3.63) is 63.6 Å². The molecule has 0 radical (unpaired) electrons. The van der Waals surface area contributed by atoms with Crippen molar-refractivity contribution in [2.24, 2.45) is 0 Å². The van der Waals surface area contributed by atoms with E-state index in [1.807, 2.05) is 13.0 Å². The first-order chi connectivity index (χ1) is 10.1. The molecule has 1 amide bonds. The van der Waals surface area contributed by atoms with Gasteiger partial charge in [0.05, 0.1) is 0 Å². The van der Waals surface area contributed by atoms with Crippen LogP contribution in [0.5, 0.6) is 0 Å². The standard InChI is InChI=1S/C16H14N2O3/c1-11-6-7-13(10-12(11)4-3-9-19)18-16(21)14-5-2-8-17-15(14)20/h2,5-8,10,19H,9H2,1H3,(H,17,20)(H,18,21). The van der Waals surface area contributed by atoms with Crippen molar-refractivity contribution < 1.29 is 9.90 Å². The van der Waals surface area contributed by atoms with Crippen LogP contribution in [0, 0.1) is 18.8 Å². The molecule has 0 aliphatic heterocycles. The van der Waals surface area contributed by atoms with Gasteiger partial charge in [0.1, 0.15) is 12.2 Å². The van der Waals surface area contributed by atoms with Crippen molar-refractivity contribution in [2.45, 2.75) is 6.92 Å². The van der Waals surface area contributed by atoms with Gasteiger partial charge in [-0.2, -0.15) is 0 Å². The summed E-state index contributed by atoms with van der Waals surface area (Å²) in [6.45, 7) is 1.66. The van der Waals surface area contributed by atoms with Crippen LogP contribution >= 0.6 is 0 Å². The average Bonchev–Trinajstić information content (AvgIpc) is 2.48. The van der Waals surface area contributed by atoms with Crippen LogP contribution in [0.3, 0.4) is 0 Å². The zero-order valence-electron chi connectivity index (χ0n) is 11.4. The molecule has 0 fully saturated rings. The molecular formula is C16H14N2O3. The van der Waals surface area contributed by atoms with Gasteiger partial charge in [-0.05, 0) is 36.8 Å². The first kappa shape index (κ1) is 14.6. The Morgan fingerprint density at radius 1 is 1.38 bits per heavy atom. The lowest BCUT2D eigenvalue weighted by atomic mass is 10.1. The summed E-state index contributed by atoms with van der Waals surface area (Å²) in [5.74, 6) is 4.89. The summed E-state index contributed by atoms with van der Waals surface area (Å²) in [5.41, 5.74) is 1.79. The number of carbonyl (C=O) groups is 1. The fraction of sp³-hybridized carbons (Fsp3) is 0.125. The third kappa shape index (κ3) is 3.59. The Kier molecular flexibility index (Phi) is 4.54. The molecule has 106 valence electrons. The van der Waals surface area contributed by atoms with Crippen LogP contribution in [0.4, 0.5) is 5.69 Å². The molecule has 0 unspecified atom stereocenters. The second kappa shape index (κ2) is 6.55. The first-order valence-electron chi connectivity index (χ1n) is 6.31. The van der Waals surface area contributed by atoms with Crippen LogP contribution in [0.15, 0.2) is 41.3 Å². The van der Waals surface area contributed by atoms with Crippen LogP contribution in [0.2, 0.25) is 0 Å². The maximum absolute atomic E-state index is 12.0. The van der Waals surface area contributed by atoms with Crippen molar-refractivity contribution >= 4 is 11.6 Å². The molecule has 21 heavy (non-hydrogen) atoms. The predicted octanol–water partition coefficient (Wildman–Crippen LogP) is 1.28. The van der Waals surface area contributed by atoms with Crippen LogP contribution in [0.25, 0.3) is 0 Å². The van der Waals surface area contributed by atoms with Gasteiger partial charge >= 0.3 is 0 Å². The Hall–Kier alpha value is -2.84. The number of aliphatic hydroxyl groups excluding tert-OH is 1. The highest BCUT2D eigenvalue weighted by atomic mass is 16.2. The second-order valence-corrected chi connectivity index (χ2v) is 4.36. The average molecular weight is 282 g/mol. The minimum atomic E-state index is -0.484. The summed E-state index contributed by atoms with van der Waals surface area (Å²) in [5, 5.41) is 11.4. The molecule has 0 bridgehead atoms. The molecular weight excluding hydrogens is 268 g/mol. The number of aromatic nitrogens is 1. The third-order valence-electron chi connectivity index (χ3n) is 2.86. The number of H-pyrrole nitrogens is 1. The first-order valence-corrected chi connectivity index (χ1v) is 6.31. The Morgan fingerprint density at radius 2 is 2.19 bits per heavy atom. The molecule has 0 aliphatic rings. The van der Waals surface area contributed by atoms with Gasteiger partial charge in [0.15, 0.2) is 0 Å². The lowest BCUT2D eigenvalue weighted by Crippen LogP contribution is -2.22. The largest absolute Gasteiger partial charge is 0.384 e. The second-order valence-electron chi connectivity index (χ2n) is 4.36. The number of hydrogen-bond acceptors (Lipinski definition) is 3. The van der Waals surface area contributed by atoms with E-state index in [0.29, 0.717) is 11.3 Å². The maximum Gasteiger partial charge on any atom is 0.261 e. The molecule has 0 atom stereocenters. The van der Waals surface area contributed by atoms with Crippen LogP contribution in [-0.4, -0.2) is 22.6 Å². The Balaban J connectivity index is 2.26. The van der Waals surface area contributed by atoms with Gasteiger partial charge in [0.25, 0.3) is 11.5 Å². The van der Waals surface area contributed by atoms with Gasteiger partial charge in [0, 0.05) is 17.4 Å². The smallest absolute Gasteiger partial charge is 0.261 e. The molecule has 1 aromatic heterocycles. The van der Waals surface area contributed by atoms with E-state index in [9.17, 15) is 9.59 Å². The van der Waals surface area contributed by atoms with E-state index in [2.05, 4.69) is 22.1 Å². The fourth-order valence-corrected chi connectivity index (χ4v) is 1.77. The minimum absolute atomic E-state index is 0.0427. The molecule has 1 heterocycles. The van der Waals surface area contributed by atoms with Crippen molar-refractivity contribution in [3.63, 3.8) is 0 Å².